The van der Waals surface area contributed by atoms with E-state index in [0.29, 0.717) is 12.5 Å². The lowest BCUT2D eigenvalue weighted by Crippen LogP contribution is -2.54. The molecule has 22 heavy (non-hydrogen) atoms. The zero-order valence-corrected chi connectivity index (χ0v) is 12.9. The lowest BCUT2D eigenvalue weighted by molar-refractivity contribution is 0.155. The Morgan fingerprint density at radius 2 is 2.00 bits per heavy atom. The number of benzene rings is 1. The van der Waals surface area contributed by atoms with Crippen LogP contribution in [-0.4, -0.2) is 29.8 Å². The van der Waals surface area contributed by atoms with Gasteiger partial charge in [-0.1, -0.05) is 12.1 Å². The van der Waals surface area contributed by atoms with Gasteiger partial charge in [-0.05, 0) is 56.2 Å². The molecule has 0 radical (unpaired) electrons. The second kappa shape index (κ2) is 5.54. The highest BCUT2D eigenvalue weighted by molar-refractivity contribution is 5.75. The van der Waals surface area contributed by atoms with E-state index < -0.39 is 5.54 Å². The smallest absolute Gasteiger partial charge is 0.315 e. The van der Waals surface area contributed by atoms with E-state index in [1.165, 1.54) is 12.1 Å². The van der Waals surface area contributed by atoms with Crippen LogP contribution in [0.25, 0.3) is 0 Å². The van der Waals surface area contributed by atoms with Crippen LogP contribution in [0, 0.1) is 11.7 Å². The van der Waals surface area contributed by atoms with Crippen molar-refractivity contribution in [1.82, 2.24) is 10.6 Å². The molecule has 2 saturated carbocycles. The fourth-order valence-corrected chi connectivity index (χ4v) is 3.07. The first-order chi connectivity index (χ1) is 10.5. The molecule has 1 aromatic carbocycles. The van der Waals surface area contributed by atoms with Crippen LogP contribution in [-0.2, 0) is 5.41 Å². The minimum atomic E-state index is -0.531. The highest BCUT2D eigenvalue weighted by Gasteiger charge is 2.45. The standard InChI is InChI=1S/C17H23FN2O2/c1-16(11-21,12-2-3-12)20-15(22)19-10-17(8-9-17)13-4-6-14(18)7-5-13/h4-7,12,21H,2-3,8-11H2,1H3,(H2,19,20,22). The van der Waals surface area contributed by atoms with Gasteiger partial charge in [-0.25, -0.2) is 9.18 Å². The van der Waals surface area contributed by atoms with Crippen molar-refractivity contribution < 1.29 is 14.3 Å². The van der Waals surface area contributed by atoms with Gasteiger partial charge < -0.3 is 15.7 Å². The molecule has 0 heterocycles. The van der Waals surface area contributed by atoms with E-state index in [4.69, 9.17) is 0 Å². The fraction of sp³-hybridized carbons (Fsp3) is 0.588. The first-order valence-corrected chi connectivity index (χ1v) is 7.90. The monoisotopic (exact) mass is 306 g/mol. The normalized spacial score (nSPS) is 21.8. The summed E-state index contributed by atoms with van der Waals surface area (Å²) in [5.41, 5.74) is 0.484. The average Bonchev–Trinajstić information content (AvgIpc) is 3.39. The summed E-state index contributed by atoms with van der Waals surface area (Å²) < 4.78 is 13.0. The average molecular weight is 306 g/mol. The number of nitrogens with one attached hydrogen (secondary N) is 2. The number of urea groups is 1. The molecule has 3 N–H and O–H groups in total. The lowest BCUT2D eigenvalue weighted by atomic mass is 9.95. The number of halogens is 1. The van der Waals surface area contributed by atoms with E-state index in [1.807, 2.05) is 6.92 Å². The minimum absolute atomic E-state index is 0.0474. The first kappa shape index (κ1) is 15.3. The SMILES string of the molecule is CC(CO)(NC(=O)NCC1(c2ccc(F)cc2)CC1)C1CC1. The lowest BCUT2D eigenvalue weighted by Gasteiger charge is -2.29. The highest BCUT2D eigenvalue weighted by Crippen LogP contribution is 2.47. The molecule has 0 aromatic heterocycles. The summed E-state index contributed by atoms with van der Waals surface area (Å²) in [7, 11) is 0. The molecular weight excluding hydrogens is 283 g/mol. The molecule has 2 aliphatic carbocycles. The van der Waals surface area contributed by atoms with Crippen molar-refractivity contribution in [2.24, 2.45) is 5.92 Å². The van der Waals surface area contributed by atoms with Crippen molar-refractivity contribution in [3.8, 4) is 0 Å². The topological polar surface area (TPSA) is 61.4 Å². The van der Waals surface area contributed by atoms with Crippen LogP contribution in [0.4, 0.5) is 9.18 Å². The predicted molar refractivity (Wildman–Crippen MR) is 82.1 cm³/mol. The Morgan fingerprint density at radius 1 is 1.36 bits per heavy atom. The minimum Gasteiger partial charge on any atom is -0.394 e. The second-order valence-corrected chi connectivity index (χ2v) is 6.94. The van der Waals surface area contributed by atoms with Crippen molar-refractivity contribution >= 4 is 6.03 Å². The van der Waals surface area contributed by atoms with E-state index >= 15 is 0 Å². The van der Waals surface area contributed by atoms with Gasteiger partial charge in [0.25, 0.3) is 0 Å². The maximum absolute atomic E-state index is 13.0. The summed E-state index contributed by atoms with van der Waals surface area (Å²) in [5, 5.41) is 15.3. The molecule has 2 fully saturated rings. The van der Waals surface area contributed by atoms with Gasteiger partial charge in [0, 0.05) is 12.0 Å². The Hall–Kier alpha value is -1.62. The van der Waals surface area contributed by atoms with Gasteiger partial charge >= 0.3 is 6.03 Å². The summed E-state index contributed by atoms with van der Waals surface area (Å²) in [4.78, 5) is 12.1. The summed E-state index contributed by atoms with van der Waals surface area (Å²) in [5.74, 6) is 0.128. The fourth-order valence-electron chi connectivity index (χ4n) is 3.07. The van der Waals surface area contributed by atoms with E-state index in [1.54, 1.807) is 12.1 Å². The van der Waals surface area contributed by atoms with Gasteiger partial charge in [0.05, 0.1) is 12.1 Å². The van der Waals surface area contributed by atoms with Crippen molar-refractivity contribution in [3.63, 3.8) is 0 Å². The number of aliphatic hydroxyl groups is 1. The molecule has 2 amide bonds. The number of hydrogen-bond acceptors (Lipinski definition) is 2. The molecule has 4 nitrogen and oxygen atoms in total. The van der Waals surface area contributed by atoms with Gasteiger partial charge in [-0.2, -0.15) is 0 Å². The molecule has 5 heteroatoms. The Kier molecular flexibility index (Phi) is 3.85. The van der Waals surface area contributed by atoms with E-state index in [-0.39, 0.29) is 23.9 Å². The summed E-state index contributed by atoms with van der Waals surface area (Å²) in [6.45, 7) is 2.38. The summed E-state index contributed by atoms with van der Waals surface area (Å²) >= 11 is 0. The van der Waals surface area contributed by atoms with Gasteiger partial charge in [-0.15, -0.1) is 0 Å². The molecule has 0 bridgehead atoms. The Bertz CT molecular complexity index is 552. The van der Waals surface area contributed by atoms with Crippen LogP contribution in [0.2, 0.25) is 0 Å². The summed E-state index contributed by atoms with van der Waals surface area (Å²) in [6.07, 6.45) is 4.10. The summed E-state index contributed by atoms with van der Waals surface area (Å²) in [6, 6.07) is 6.28. The predicted octanol–water partition coefficient (Wildman–Crippen LogP) is 2.32. The van der Waals surface area contributed by atoms with Crippen molar-refractivity contribution in [1.29, 1.82) is 0 Å². The van der Waals surface area contributed by atoms with E-state index in [2.05, 4.69) is 10.6 Å². The number of amides is 2. The van der Waals surface area contributed by atoms with Gasteiger partial charge in [-0.3, -0.25) is 0 Å². The van der Waals surface area contributed by atoms with Crippen LogP contribution in [0.15, 0.2) is 24.3 Å². The number of hydrogen-bond donors (Lipinski definition) is 3. The van der Waals surface area contributed by atoms with Crippen LogP contribution >= 0.6 is 0 Å². The number of rotatable bonds is 6. The Balaban J connectivity index is 1.55. The van der Waals surface area contributed by atoms with Crippen molar-refractivity contribution in [2.45, 2.75) is 43.6 Å². The largest absolute Gasteiger partial charge is 0.394 e. The molecule has 1 unspecified atom stereocenters. The van der Waals surface area contributed by atoms with Gasteiger partial charge in [0.1, 0.15) is 5.82 Å². The van der Waals surface area contributed by atoms with Crippen molar-refractivity contribution in [2.75, 3.05) is 13.2 Å². The van der Waals surface area contributed by atoms with Crippen LogP contribution < -0.4 is 10.6 Å². The van der Waals surface area contributed by atoms with Gasteiger partial charge in [0.15, 0.2) is 0 Å². The third kappa shape index (κ3) is 3.09. The number of carbonyl (C=O) groups excluding carboxylic acids is 1. The van der Waals surface area contributed by atoms with Crippen LogP contribution in [0.5, 0.6) is 0 Å². The third-order valence-corrected chi connectivity index (χ3v) is 5.10. The van der Waals surface area contributed by atoms with Crippen LogP contribution in [0.1, 0.15) is 38.2 Å². The van der Waals surface area contributed by atoms with Crippen molar-refractivity contribution in [3.05, 3.63) is 35.6 Å². The molecule has 0 aliphatic heterocycles. The first-order valence-electron chi connectivity index (χ1n) is 7.90. The molecule has 3 rings (SSSR count). The Morgan fingerprint density at radius 3 is 2.50 bits per heavy atom. The van der Waals surface area contributed by atoms with Crippen LogP contribution in [0.3, 0.4) is 0 Å². The molecule has 1 aromatic rings. The Labute approximate surface area is 130 Å². The third-order valence-electron chi connectivity index (χ3n) is 5.10. The quantitative estimate of drug-likeness (QED) is 0.755. The molecule has 120 valence electrons. The zero-order valence-electron chi connectivity index (χ0n) is 12.9. The maximum Gasteiger partial charge on any atom is 0.315 e. The molecule has 2 aliphatic rings. The van der Waals surface area contributed by atoms with E-state index in [0.717, 1.165) is 31.2 Å². The molecule has 0 saturated heterocycles. The number of carbonyl (C=O) groups is 1. The van der Waals surface area contributed by atoms with E-state index in [9.17, 15) is 14.3 Å². The number of aliphatic hydroxyl groups excluding tert-OH is 1. The van der Waals surface area contributed by atoms with Gasteiger partial charge in [0.2, 0.25) is 0 Å². The molecule has 1 atom stereocenters. The molecular formula is C17H23FN2O2. The molecule has 0 spiro atoms. The zero-order chi connectivity index (χ0) is 15.8. The second-order valence-electron chi connectivity index (χ2n) is 6.94. The maximum atomic E-state index is 13.0. The highest BCUT2D eigenvalue weighted by atomic mass is 19.1.